The van der Waals surface area contributed by atoms with Gasteiger partial charge in [-0.05, 0) is 39.5 Å². The molecular formula is C15H26. The van der Waals surface area contributed by atoms with E-state index < -0.39 is 0 Å². The molecule has 0 heterocycles. The lowest BCUT2D eigenvalue weighted by molar-refractivity contribution is 0.655. The first-order valence-electron chi connectivity index (χ1n) is 6.04. The van der Waals surface area contributed by atoms with Gasteiger partial charge in [-0.2, -0.15) is 0 Å². The normalized spacial score (nSPS) is 16.8. The van der Waals surface area contributed by atoms with Crippen LogP contribution >= 0.6 is 0 Å². The Morgan fingerprint density at radius 3 is 2.20 bits per heavy atom. The Kier molecular flexibility index (Phi) is 7.11. The van der Waals surface area contributed by atoms with Crippen LogP contribution < -0.4 is 0 Å². The van der Waals surface area contributed by atoms with E-state index >= 15 is 0 Å². The lowest BCUT2D eigenvalue weighted by Crippen LogP contribution is -1.92. The fourth-order valence-corrected chi connectivity index (χ4v) is 1.25. The lowest BCUT2D eigenvalue weighted by atomic mass is 9.99. The molecule has 1 atom stereocenters. The maximum absolute atomic E-state index is 2.28. The smallest absolute Gasteiger partial charge is 0.0234 e. The molecular weight excluding hydrogens is 180 g/mol. The second-order valence-electron chi connectivity index (χ2n) is 4.40. The van der Waals surface area contributed by atoms with E-state index in [4.69, 9.17) is 0 Å². The summed E-state index contributed by atoms with van der Waals surface area (Å²) in [7, 11) is 0. The summed E-state index contributed by atoms with van der Waals surface area (Å²) in [5.41, 5.74) is 4.34. The highest BCUT2D eigenvalue weighted by Gasteiger charge is 1.98. The quantitative estimate of drug-likeness (QED) is 0.537. The zero-order valence-corrected chi connectivity index (χ0v) is 11.2. The molecule has 0 aromatic rings. The van der Waals surface area contributed by atoms with Crippen LogP contribution in [0, 0.1) is 5.92 Å². The Hall–Kier alpha value is -0.780. The van der Waals surface area contributed by atoms with Crippen LogP contribution in [0.15, 0.2) is 34.9 Å². The van der Waals surface area contributed by atoms with Crippen molar-refractivity contribution in [2.75, 3.05) is 0 Å². The van der Waals surface area contributed by atoms with Crippen LogP contribution in [0.1, 0.15) is 54.4 Å². The Labute approximate surface area is 95.8 Å². The third-order valence-corrected chi connectivity index (χ3v) is 3.30. The molecule has 0 radical (unpaired) electrons. The highest BCUT2D eigenvalue weighted by atomic mass is 14.0. The maximum Gasteiger partial charge on any atom is -0.0234 e. The van der Waals surface area contributed by atoms with E-state index in [1.807, 2.05) is 0 Å². The summed E-state index contributed by atoms with van der Waals surface area (Å²) in [6, 6.07) is 0. The molecule has 0 unspecified atom stereocenters. The van der Waals surface area contributed by atoms with Gasteiger partial charge in [0, 0.05) is 0 Å². The number of allylic oxidation sites excluding steroid dienone is 6. The van der Waals surface area contributed by atoms with Crippen LogP contribution in [0.2, 0.25) is 0 Å². The fraction of sp³-hybridized carbons (Fsp3) is 0.600. The van der Waals surface area contributed by atoms with Gasteiger partial charge in [-0.1, -0.05) is 55.7 Å². The minimum Gasteiger partial charge on any atom is -0.0707 e. The van der Waals surface area contributed by atoms with Crippen molar-refractivity contribution in [1.29, 1.82) is 0 Å². The molecule has 0 aliphatic rings. The van der Waals surface area contributed by atoms with Crippen LogP contribution in [-0.2, 0) is 0 Å². The second kappa shape index (κ2) is 7.50. The minimum absolute atomic E-state index is 0.700. The van der Waals surface area contributed by atoms with Gasteiger partial charge in [0.2, 0.25) is 0 Å². The van der Waals surface area contributed by atoms with E-state index in [2.05, 4.69) is 59.8 Å². The SMILES string of the molecule is CC\C(C)=C(C)/C=C\C=C(\C)[C@H](C)CC. The molecule has 86 valence electrons. The second-order valence-corrected chi connectivity index (χ2v) is 4.40. The average Bonchev–Trinajstić information content (AvgIpc) is 2.26. The number of hydrogen-bond acceptors (Lipinski definition) is 0. The molecule has 15 heavy (non-hydrogen) atoms. The van der Waals surface area contributed by atoms with Gasteiger partial charge in [0.05, 0.1) is 0 Å². The monoisotopic (exact) mass is 206 g/mol. The molecule has 0 aliphatic heterocycles. The highest BCUT2D eigenvalue weighted by molar-refractivity contribution is 5.26. The van der Waals surface area contributed by atoms with Gasteiger partial charge in [0.1, 0.15) is 0 Å². The predicted molar refractivity (Wildman–Crippen MR) is 71.0 cm³/mol. The lowest BCUT2D eigenvalue weighted by Gasteiger charge is -2.07. The summed E-state index contributed by atoms with van der Waals surface area (Å²) in [5.74, 6) is 0.700. The van der Waals surface area contributed by atoms with Crippen molar-refractivity contribution in [3.8, 4) is 0 Å². The number of rotatable bonds is 5. The molecule has 0 heteroatoms. The van der Waals surface area contributed by atoms with Crippen molar-refractivity contribution >= 4 is 0 Å². The zero-order valence-electron chi connectivity index (χ0n) is 11.2. The number of hydrogen-bond donors (Lipinski definition) is 0. The molecule has 0 fully saturated rings. The van der Waals surface area contributed by atoms with E-state index in [-0.39, 0.29) is 0 Å². The average molecular weight is 206 g/mol. The van der Waals surface area contributed by atoms with E-state index in [9.17, 15) is 0 Å². The Balaban J connectivity index is 4.44. The van der Waals surface area contributed by atoms with Crippen LogP contribution in [-0.4, -0.2) is 0 Å². The maximum atomic E-state index is 2.28. The summed E-state index contributed by atoms with van der Waals surface area (Å²) in [4.78, 5) is 0. The fourth-order valence-electron chi connectivity index (χ4n) is 1.25. The van der Waals surface area contributed by atoms with Gasteiger partial charge < -0.3 is 0 Å². The summed E-state index contributed by atoms with van der Waals surface area (Å²) < 4.78 is 0. The molecule has 0 aromatic heterocycles. The molecule has 0 spiro atoms. The Morgan fingerprint density at radius 1 is 1.13 bits per heavy atom. The van der Waals surface area contributed by atoms with Crippen molar-refractivity contribution in [2.24, 2.45) is 5.92 Å². The standard InChI is InChI=1S/C15H26/c1-7-12(3)14(5)10-9-11-15(6)13(4)8-2/h9-12H,7-8H2,1-6H3/b11-9-,14-10-,15-13-/t12-/m1/s1. The van der Waals surface area contributed by atoms with Crippen molar-refractivity contribution in [3.63, 3.8) is 0 Å². The van der Waals surface area contributed by atoms with Crippen molar-refractivity contribution in [2.45, 2.75) is 54.4 Å². The van der Waals surface area contributed by atoms with Gasteiger partial charge >= 0.3 is 0 Å². The first-order valence-corrected chi connectivity index (χ1v) is 6.04. The van der Waals surface area contributed by atoms with Crippen molar-refractivity contribution in [1.82, 2.24) is 0 Å². The molecule has 0 aliphatic carbocycles. The van der Waals surface area contributed by atoms with Gasteiger partial charge in [-0.3, -0.25) is 0 Å². The van der Waals surface area contributed by atoms with E-state index in [1.165, 1.54) is 23.1 Å². The summed E-state index contributed by atoms with van der Waals surface area (Å²) in [6.45, 7) is 13.3. The Morgan fingerprint density at radius 2 is 1.73 bits per heavy atom. The molecule has 0 bridgehead atoms. The molecule has 0 rings (SSSR count). The molecule has 0 N–H and O–H groups in total. The summed E-state index contributed by atoms with van der Waals surface area (Å²) in [6.07, 6.45) is 8.99. The van der Waals surface area contributed by atoms with Crippen LogP contribution in [0.4, 0.5) is 0 Å². The zero-order chi connectivity index (χ0) is 11.8. The van der Waals surface area contributed by atoms with Crippen molar-refractivity contribution < 1.29 is 0 Å². The minimum atomic E-state index is 0.700. The third-order valence-electron chi connectivity index (χ3n) is 3.30. The van der Waals surface area contributed by atoms with Gasteiger partial charge in [-0.25, -0.2) is 0 Å². The van der Waals surface area contributed by atoms with Crippen LogP contribution in [0.3, 0.4) is 0 Å². The van der Waals surface area contributed by atoms with Crippen molar-refractivity contribution in [3.05, 3.63) is 34.9 Å². The molecule has 0 nitrogen and oxygen atoms in total. The van der Waals surface area contributed by atoms with E-state index in [0.717, 1.165) is 6.42 Å². The predicted octanol–water partition coefficient (Wildman–Crippen LogP) is 5.28. The van der Waals surface area contributed by atoms with Crippen LogP contribution in [0.5, 0.6) is 0 Å². The topological polar surface area (TPSA) is 0 Å². The van der Waals surface area contributed by atoms with E-state index in [0.29, 0.717) is 5.92 Å². The summed E-state index contributed by atoms with van der Waals surface area (Å²) >= 11 is 0. The first-order chi connectivity index (χ1) is 7.02. The largest absolute Gasteiger partial charge is 0.0707 e. The first kappa shape index (κ1) is 14.2. The Bertz CT molecular complexity index is 264. The van der Waals surface area contributed by atoms with Crippen LogP contribution in [0.25, 0.3) is 0 Å². The van der Waals surface area contributed by atoms with E-state index in [1.54, 1.807) is 0 Å². The third kappa shape index (κ3) is 5.61. The molecule has 0 amide bonds. The van der Waals surface area contributed by atoms with Gasteiger partial charge in [0.25, 0.3) is 0 Å². The molecule has 0 aromatic carbocycles. The molecule has 0 saturated carbocycles. The van der Waals surface area contributed by atoms with Gasteiger partial charge in [-0.15, -0.1) is 0 Å². The van der Waals surface area contributed by atoms with Gasteiger partial charge in [0.15, 0.2) is 0 Å². The molecule has 0 saturated heterocycles. The highest BCUT2D eigenvalue weighted by Crippen LogP contribution is 2.14. The summed E-state index contributed by atoms with van der Waals surface area (Å²) in [5, 5.41) is 0.